The highest BCUT2D eigenvalue weighted by Gasteiger charge is 2.10. The number of fused-ring (bicyclic) bond motifs is 1. The van der Waals surface area contributed by atoms with Crippen LogP contribution in [0.15, 0.2) is 24.3 Å². The molecular formula is C10H8F2N2. The van der Waals surface area contributed by atoms with E-state index in [9.17, 15) is 8.78 Å². The molecule has 0 aliphatic carbocycles. The van der Waals surface area contributed by atoms with E-state index in [1.165, 1.54) is 18.2 Å². The molecule has 0 radical (unpaired) electrons. The molecule has 0 atom stereocenters. The van der Waals surface area contributed by atoms with Crippen LogP contribution >= 0.6 is 0 Å². The summed E-state index contributed by atoms with van der Waals surface area (Å²) in [7, 11) is 0. The zero-order chi connectivity index (χ0) is 10.3. The Labute approximate surface area is 79.1 Å². The third-order valence-electron chi connectivity index (χ3n) is 2.09. The highest BCUT2D eigenvalue weighted by Crippen LogP contribution is 2.26. The van der Waals surface area contributed by atoms with Crippen molar-refractivity contribution in [3.63, 3.8) is 0 Å². The van der Waals surface area contributed by atoms with Crippen molar-refractivity contribution in [2.24, 2.45) is 0 Å². The molecule has 0 bridgehead atoms. The lowest BCUT2D eigenvalue weighted by atomic mass is 10.1. The number of hydrogen-bond acceptors (Lipinski definition) is 2. The van der Waals surface area contributed by atoms with Crippen LogP contribution in [-0.4, -0.2) is 0 Å². The van der Waals surface area contributed by atoms with Crippen LogP contribution in [0.25, 0.3) is 10.8 Å². The lowest BCUT2D eigenvalue weighted by Crippen LogP contribution is -1.96. The van der Waals surface area contributed by atoms with Crippen molar-refractivity contribution in [1.29, 1.82) is 0 Å². The number of benzene rings is 2. The van der Waals surface area contributed by atoms with Crippen LogP contribution in [0.1, 0.15) is 0 Å². The van der Waals surface area contributed by atoms with Gasteiger partial charge >= 0.3 is 0 Å². The molecule has 0 saturated heterocycles. The molecule has 0 aliphatic heterocycles. The first kappa shape index (κ1) is 8.74. The van der Waals surface area contributed by atoms with Gasteiger partial charge in [-0.3, -0.25) is 0 Å². The van der Waals surface area contributed by atoms with Crippen LogP contribution in [-0.2, 0) is 0 Å². The van der Waals surface area contributed by atoms with Gasteiger partial charge in [0.2, 0.25) is 0 Å². The van der Waals surface area contributed by atoms with E-state index in [4.69, 9.17) is 11.5 Å². The van der Waals surface area contributed by atoms with Crippen molar-refractivity contribution in [2.75, 3.05) is 11.5 Å². The van der Waals surface area contributed by atoms with Gasteiger partial charge in [-0.05, 0) is 29.7 Å². The van der Waals surface area contributed by atoms with E-state index in [2.05, 4.69) is 0 Å². The van der Waals surface area contributed by atoms with Crippen molar-refractivity contribution >= 4 is 22.1 Å². The van der Waals surface area contributed by atoms with Crippen LogP contribution < -0.4 is 11.5 Å². The molecule has 2 aromatic carbocycles. The highest BCUT2D eigenvalue weighted by molar-refractivity contribution is 5.88. The van der Waals surface area contributed by atoms with Gasteiger partial charge in [0.15, 0.2) is 5.82 Å². The van der Waals surface area contributed by atoms with Gasteiger partial charge in [-0.2, -0.15) is 0 Å². The second kappa shape index (κ2) is 2.83. The lowest BCUT2D eigenvalue weighted by molar-refractivity contribution is 0.600. The molecule has 72 valence electrons. The van der Waals surface area contributed by atoms with Crippen LogP contribution in [0, 0.1) is 11.6 Å². The summed E-state index contributed by atoms with van der Waals surface area (Å²) in [5.41, 5.74) is 10.7. The number of halogens is 2. The molecule has 0 spiro atoms. The van der Waals surface area contributed by atoms with E-state index >= 15 is 0 Å². The van der Waals surface area contributed by atoms with Crippen molar-refractivity contribution in [2.45, 2.75) is 0 Å². The monoisotopic (exact) mass is 194 g/mol. The molecule has 0 aromatic heterocycles. The molecule has 4 heteroatoms. The normalized spacial score (nSPS) is 10.7. The largest absolute Gasteiger partial charge is 0.399 e. The summed E-state index contributed by atoms with van der Waals surface area (Å²) in [4.78, 5) is 0. The Morgan fingerprint density at radius 2 is 1.71 bits per heavy atom. The molecule has 0 unspecified atom stereocenters. The molecule has 4 N–H and O–H groups in total. The van der Waals surface area contributed by atoms with Crippen molar-refractivity contribution in [3.05, 3.63) is 35.9 Å². The Bertz CT molecular complexity index is 509. The minimum Gasteiger partial charge on any atom is -0.399 e. The van der Waals surface area contributed by atoms with Gasteiger partial charge in [-0.1, -0.05) is 0 Å². The van der Waals surface area contributed by atoms with Gasteiger partial charge in [-0.15, -0.1) is 0 Å². The van der Waals surface area contributed by atoms with Gasteiger partial charge in [0.05, 0.1) is 0 Å². The van der Waals surface area contributed by atoms with E-state index < -0.39 is 17.3 Å². The number of rotatable bonds is 0. The van der Waals surface area contributed by atoms with Crippen LogP contribution in [0.5, 0.6) is 0 Å². The smallest absolute Gasteiger partial charge is 0.156 e. The van der Waals surface area contributed by atoms with Crippen molar-refractivity contribution in [1.82, 2.24) is 0 Å². The summed E-state index contributed by atoms with van der Waals surface area (Å²) in [5.74, 6) is -1.50. The Morgan fingerprint density at radius 1 is 1.00 bits per heavy atom. The van der Waals surface area contributed by atoms with E-state index in [1.54, 1.807) is 6.07 Å². The summed E-state index contributed by atoms with van der Waals surface area (Å²) in [5, 5.41) is 0.687. The van der Waals surface area contributed by atoms with Crippen LogP contribution in [0.4, 0.5) is 20.2 Å². The number of nitrogen functional groups attached to an aromatic ring is 2. The van der Waals surface area contributed by atoms with Crippen molar-refractivity contribution < 1.29 is 8.78 Å². The first-order chi connectivity index (χ1) is 6.59. The second-order valence-electron chi connectivity index (χ2n) is 3.07. The van der Waals surface area contributed by atoms with E-state index in [-0.39, 0.29) is 5.39 Å². The first-order valence-electron chi connectivity index (χ1n) is 4.02. The van der Waals surface area contributed by atoms with Gasteiger partial charge in [0, 0.05) is 11.1 Å². The topological polar surface area (TPSA) is 52.0 Å². The molecule has 0 aliphatic rings. The SMILES string of the molecule is Nc1ccc2c(F)c(N)c(F)cc2c1. The predicted octanol–water partition coefficient (Wildman–Crippen LogP) is 2.28. The summed E-state index contributed by atoms with van der Waals surface area (Å²) in [6.45, 7) is 0. The molecule has 0 heterocycles. The minimum atomic E-state index is -0.763. The zero-order valence-electron chi connectivity index (χ0n) is 7.22. The Balaban J connectivity index is 2.91. The molecule has 0 amide bonds. The third kappa shape index (κ3) is 1.16. The lowest BCUT2D eigenvalue weighted by Gasteiger charge is -2.04. The maximum atomic E-state index is 13.4. The Kier molecular flexibility index (Phi) is 1.77. The molecular weight excluding hydrogens is 186 g/mol. The maximum Gasteiger partial charge on any atom is 0.156 e. The predicted molar refractivity (Wildman–Crippen MR) is 52.7 cm³/mol. The van der Waals surface area contributed by atoms with E-state index in [0.29, 0.717) is 11.1 Å². The summed E-state index contributed by atoms with van der Waals surface area (Å²) in [6.07, 6.45) is 0. The maximum absolute atomic E-state index is 13.4. The molecule has 14 heavy (non-hydrogen) atoms. The second-order valence-corrected chi connectivity index (χ2v) is 3.07. The number of hydrogen-bond donors (Lipinski definition) is 2. The van der Waals surface area contributed by atoms with E-state index in [0.717, 1.165) is 0 Å². The van der Waals surface area contributed by atoms with Gasteiger partial charge < -0.3 is 11.5 Å². The fourth-order valence-electron chi connectivity index (χ4n) is 1.36. The molecule has 2 rings (SSSR count). The number of nitrogens with two attached hydrogens (primary N) is 2. The summed E-state index contributed by atoms with van der Waals surface area (Å²) < 4.78 is 26.4. The Hall–Kier alpha value is -1.84. The number of anilines is 2. The average molecular weight is 194 g/mol. The fourth-order valence-corrected chi connectivity index (χ4v) is 1.36. The first-order valence-corrected chi connectivity index (χ1v) is 4.02. The molecule has 2 aromatic rings. The molecule has 0 fully saturated rings. The average Bonchev–Trinajstić information content (AvgIpc) is 2.14. The third-order valence-corrected chi connectivity index (χ3v) is 2.09. The minimum absolute atomic E-state index is 0.276. The Morgan fingerprint density at radius 3 is 2.43 bits per heavy atom. The summed E-state index contributed by atoms with van der Waals surface area (Å²) >= 11 is 0. The summed E-state index contributed by atoms with van der Waals surface area (Å²) in [6, 6.07) is 5.70. The van der Waals surface area contributed by atoms with Crippen LogP contribution in [0.2, 0.25) is 0 Å². The van der Waals surface area contributed by atoms with Gasteiger partial charge in [-0.25, -0.2) is 8.78 Å². The fraction of sp³-hybridized carbons (Fsp3) is 0. The standard InChI is InChI=1S/C10H8F2N2/c11-8-4-5-3-6(13)1-2-7(5)9(12)10(8)14/h1-4H,13-14H2. The highest BCUT2D eigenvalue weighted by atomic mass is 19.1. The zero-order valence-corrected chi connectivity index (χ0v) is 7.22. The molecule has 0 saturated carbocycles. The van der Waals surface area contributed by atoms with Gasteiger partial charge in [0.25, 0.3) is 0 Å². The van der Waals surface area contributed by atoms with E-state index in [1.807, 2.05) is 0 Å². The van der Waals surface area contributed by atoms with Crippen molar-refractivity contribution in [3.8, 4) is 0 Å². The molecule has 2 nitrogen and oxygen atoms in total. The quantitative estimate of drug-likeness (QED) is 0.632. The van der Waals surface area contributed by atoms with Crippen LogP contribution in [0.3, 0.4) is 0 Å². The van der Waals surface area contributed by atoms with Gasteiger partial charge in [0.1, 0.15) is 11.5 Å².